The summed E-state index contributed by atoms with van der Waals surface area (Å²) in [5.41, 5.74) is 3.21. The first-order chi connectivity index (χ1) is 12.2. The molecule has 1 N–H and O–H groups in total. The summed E-state index contributed by atoms with van der Waals surface area (Å²) in [7, 11) is 2.10. The van der Waals surface area contributed by atoms with Crippen molar-refractivity contribution in [2.75, 3.05) is 33.4 Å². The van der Waals surface area contributed by atoms with Gasteiger partial charge in [0, 0.05) is 30.5 Å². The molecule has 0 atom stereocenters. The number of phenolic OH excluding ortho intramolecular Hbond substituents is 1. The van der Waals surface area contributed by atoms with E-state index < -0.39 is 0 Å². The molecule has 0 spiro atoms. The van der Waals surface area contributed by atoms with E-state index in [1.807, 2.05) is 12.1 Å². The van der Waals surface area contributed by atoms with Crippen molar-refractivity contribution >= 4 is 6.29 Å². The van der Waals surface area contributed by atoms with Gasteiger partial charge in [-0.2, -0.15) is 0 Å². The molecule has 3 rings (SSSR count). The van der Waals surface area contributed by atoms with Crippen molar-refractivity contribution in [1.29, 1.82) is 0 Å². The molecule has 0 aliphatic carbocycles. The van der Waals surface area contributed by atoms with Crippen molar-refractivity contribution in [2.24, 2.45) is 0 Å². The first kappa shape index (κ1) is 17.6. The van der Waals surface area contributed by atoms with Crippen LogP contribution in [0.4, 0.5) is 0 Å². The van der Waals surface area contributed by atoms with E-state index in [-0.39, 0.29) is 5.41 Å². The minimum absolute atomic E-state index is 0.158. The van der Waals surface area contributed by atoms with Crippen LogP contribution < -0.4 is 0 Å². The highest BCUT2D eigenvalue weighted by Crippen LogP contribution is 2.44. The Morgan fingerprint density at radius 1 is 1.16 bits per heavy atom. The topological polar surface area (TPSA) is 49.8 Å². The number of likely N-dealkylation sites (N-methyl/N-ethyl adjacent to an activating group) is 1. The number of carbonyl (C=O) groups is 1. The first-order valence-electron chi connectivity index (χ1n) is 8.73. The predicted octanol–water partition coefficient (Wildman–Crippen LogP) is 2.77. The number of phenols is 1. The molecule has 0 radical (unpaired) electrons. The van der Waals surface area contributed by atoms with Gasteiger partial charge in [0.25, 0.3) is 0 Å². The Morgan fingerprint density at radius 3 is 2.60 bits per heavy atom. The van der Waals surface area contributed by atoms with Crippen LogP contribution >= 0.6 is 0 Å². The second kappa shape index (κ2) is 7.81. The molecule has 0 unspecified atom stereocenters. The molecular formula is C21H25NO3. The molecular weight excluding hydrogens is 314 g/mol. The number of carbonyl (C=O) groups excluding carboxylic acids is 1. The van der Waals surface area contributed by atoms with Crippen LogP contribution in [0.5, 0.6) is 5.75 Å². The van der Waals surface area contributed by atoms with Gasteiger partial charge in [-0.05, 0) is 30.7 Å². The maximum Gasteiger partial charge on any atom is 0.122 e. The van der Waals surface area contributed by atoms with Crippen LogP contribution in [0.3, 0.4) is 0 Å². The number of nitrogens with zero attached hydrogens (tertiary/aromatic N) is 1. The molecule has 132 valence electrons. The molecule has 1 saturated heterocycles. The molecule has 4 nitrogen and oxygen atoms in total. The van der Waals surface area contributed by atoms with Crippen molar-refractivity contribution in [3.05, 3.63) is 65.2 Å². The van der Waals surface area contributed by atoms with Gasteiger partial charge in [0.15, 0.2) is 0 Å². The molecule has 1 fully saturated rings. The number of likely N-dealkylation sites (tertiary alicyclic amines) is 1. The fourth-order valence-corrected chi connectivity index (χ4v) is 3.69. The minimum Gasteiger partial charge on any atom is -0.508 e. The van der Waals surface area contributed by atoms with E-state index in [2.05, 4.69) is 42.3 Å². The summed E-state index contributed by atoms with van der Waals surface area (Å²) < 4.78 is 5.47. The van der Waals surface area contributed by atoms with Gasteiger partial charge < -0.3 is 19.5 Å². The summed E-state index contributed by atoms with van der Waals surface area (Å²) in [4.78, 5) is 12.6. The van der Waals surface area contributed by atoms with Gasteiger partial charge in [-0.1, -0.05) is 42.5 Å². The van der Waals surface area contributed by atoms with E-state index in [0.29, 0.717) is 25.4 Å². The number of benzene rings is 2. The third kappa shape index (κ3) is 3.75. The monoisotopic (exact) mass is 339 g/mol. The molecule has 2 aromatic carbocycles. The van der Waals surface area contributed by atoms with Crippen LogP contribution in [-0.2, 0) is 21.4 Å². The zero-order chi connectivity index (χ0) is 17.7. The number of hydrogen-bond acceptors (Lipinski definition) is 4. The van der Waals surface area contributed by atoms with Crippen LogP contribution in [0.2, 0.25) is 0 Å². The molecule has 1 heterocycles. The molecule has 0 saturated carbocycles. The SMILES string of the molecule is CN1CC(c2ccccc2)(c2cc(CCOCCC=O)ccc2O)C1. The number of aromatic hydroxyl groups is 1. The lowest BCUT2D eigenvalue weighted by atomic mass is 9.68. The molecule has 1 aliphatic rings. The summed E-state index contributed by atoms with van der Waals surface area (Å²) in [5, 5.41) is 10.5. The third-order valence-corrected chi connectivity index (χ3v) is 4.90. The molecule has 2 aromatic rings. The van der Waals surface area contributed by atoms with E-state index in [9.17, 15) is 9.90 Å². The number of ether oxygens (including phenoxy) is 1. The second-order valence-corrected chi connectivity index (χ2v) is 6.79. The lowest BCUT2D eigenvalue weighted by Gasteiger charge is -2.49. The highest BCUT2D eigenvalue weighted by atomic mass is 16.5. The highest BCUT2D eigenvalue weighted by Gasteiger charge is 2.45. The Hall–Kier alpha value is -2.17. The highest BCUT2D eigenvalue weighted by molar-refractivity contribution is 5.51. The molecule has 4 heteroatoms. The van der Waals surface area contributed by atoms with E-state index in [1.54, 1.807) is 6.07 Å². The lowest BCUT2D eigenvalue weighted by molar-refractivity contribution is -0.108. The summed E-state index contributed by atoms with van der Waals surface area (Å²) in [6.07, 6.45) is 2.08. The summed E-state index contributed by atoms with van der Waals surface area (Å²) in [5.74, 6) is 0.350. The smallest absolute Gasteiger partial charge is 0.122 e. The third-order valence-electron chi connectivity index (χ3n) is 4.90. The summed E-state index contributed by atoms with van der Waals surface area (Å²) >= 11 is 0. The first-order valence-corrected chi connectivity index (χ1v) is 8.73. The molecule has 0 aromatic heterocycles. The second-order valence-electron chi connectivity index (χ2n) is 6.79. The zero-order valence-corrected chi connectivity index (χ0v) is 14.6. The van der Waals surface area contributed by atoms with Gasteiger partial charge >= 0.3 is 0 Å². The van der Waals surface area contributed by atoms with Gasteiger partial charge in [-0.25, -0.2) is 0 Å². The van der Waals surface area contributed by atoms with E-state index in [4.69, 9.17) is 4.74 Å². The fourth-order valence-electron chi connectivity index (χ4n) is 3.69. The van der Waals surface area contributed by atoms with Crippen LogP contribution in [0.25, 0.3) is 0 Å². The summed E-state index contributed by atoms with van der Waals surface area (Å²) in [6, 6.07) is 16.3. The van der Waals surface area contributed by atoms with Gasteiger partial charge in [0.1, 0.15) is 12.0 Å². The van der Waals surface area contributed by atoms with Crippen molar-refractivity contribution in [2.45, 2.75) is 18.3 Å². The van der Waals surface area contributed by atoms with Crippen LogP contribution in [-0.4, -0.2) is 49.6 Å². The molecule has 25 heavy (non-hydrogen) atoms. The van der Waals surface area contributed by atoms with Gasteiger partial charge in [-0.15, -0.1) is 0 Å². The maximum atomic E-state index is 10.5. The Kier molecular flexibility index (Phi) is 5.51. The van der Waals surface area contributed by atoms with Crippen LogP contribution in [0.15, 0.2) is 48.5 Å². The van der Waals surface area contributed by atoms with Crippen molar-refractivity contribution in [1.82, 2.24) is 4.90 Å². The Labute approximate surface area is 149 Å². The lowest BCUT2D eigenvalue weighted by Crippen LogP contribution is -2.58. The van der Waals surface area contributed by atoms with Gasteiger partial charge in [0.05, 0.1) is 13.2 Å². The van der Waals surface area contributed by atoms with E-state index >= 15 is 0 Å². The maximum absolute atomic E-state index is 10.5. The quantitative estimate of drug-likeness (QED) is 0.593. The van der Waals surface area contributed by atoms with Crippen molar-refractivity contribution in [3.63, 3.8) is 0 Å². The standard InChI is InChI=1S/C21H25NO3/c1-22-15-21(16-22,18-6-3-2-4-7-18)19-14-17(8-9-20(19)24)10-13-25-12-5-11-23/h2-4,6-9,11,14,24H,5,10,12-13,15-16H2,1H3. The Balaban J connectivity index is 1.82. The zero-order valence-electron chi connectivity index (χ0n) is 14.6. The van der Waals surface area contributed by atoms with E-state index in [1.165, 1.54) is 5.56 Å². The molecule has 0 amide bonds. The van der Waals surface area contributed by atoms with Crippen LogP contribution in [0, 0.1) is 0 Å². The largest absolute Gasteiger partial charge is 0.508 e. The Morgan fingerprint density at radius 2 is 1.92 bits per heavy atom. The Bertz CT molecular complexity index is 708. The number of hydrogen-bond donors (Lipinski definition) is 1. The molecule has 0 bridgehead atoms. The number of rotatable bonds is 8. The predicted molar refractivity (Wildman–Crippen MR) is 98.0 cm³/mol. The van der Waals surface area contributed by atoms with Crippen molar-refractivity contribution in [3.8, 4) is 5.75 Å². The van der Waals surface area contributed by atoms with Gasteiger partial charge in [0.2, 0.25) is 0 Å². The summed E-state index contributed by atoms with van der Waals surface area (Å²) in [6.45, 7) is 2.83. The number of aldehydes is 1. The normalized spacial score (nSPS) is 16.4. The average molecular weight is 339 g/mol. The molecule has 1 aliphatic heterocycles. The average Bonchev–Trinajstić information content (AvgIpc) is 2.61. The minimum atomic E-state index is -0.158. The van der Waals surface area contributed by atoms with Gasteiger partial charge in [-0.3, -0.25) is 0 Å². The van der Waals surface area contributed by atoms with E-state index in [0.717, 1.165) is 36.9 Å². The van der Waals surface area contributed by atoms with Crippen LogP contribution in [0.1, 0.15) is 23.1 Å². The fraction of sp³-hybridized carbons (Fsp3) is 0.381. The van der Waals surface area contributed by atoms with Crippen molar-refractivity contribution < 1.29 is 14.6 Å².